The van der Waals surface area contributed by atoms with Crippen molar-refractivity contribution in [3.63, 3.8) is 0 Å². The zero-order chi connectivity index (χ0) is 11.3. The molecule has 7 heteroatoms. The smallest absolute Gasteiger partial charge is 0.214 e. The lowest BCUT2D eigenvalue weighted by Crippen LogP contribution is -2.39. The molecule has 6 nitrogen and oxygen atoms in total. The van der Waals surface area contributed by atoms with Gasteiger partial charge >= 0.3 is 0 Å². The van der Waals surface area contributed by atoms with Crippen LogP contribution in [-0.4, -0.2) is 39.3 Å². The lowest BCUT2D eigenvalue weighted by Gasteiger charge is -2.22. The third kappa shape index (κ3) is 4.15. The topological polar surface area (TPSA) is 105 Å². The highest BCUT2D eigenvalue weighted by Gasteiger charge is 2.26. The van der Waals surface area contributed by atoms with Crippen LogP contribution in [0, 0.1) is 5.41 Å². The first-order chi connectivity index (χ1) is 7.02. The Morgan fingerprint density at radius 2 is 2.07 bits per heavy atom. The Hall–Kier alpha value is -0.660. The van der Waals surface area contributed by atoms with E-state index in [9.17, 15) is 8.42 Å². The molecule has 0 saturated carbocycles. The molecule has 1 aliphatic rings. The molecule has 0 atom stereocenters. The third-order valence-corrected chi connectivity index (χ3v) is 4.26. The monoisotopic (exact) mass is 235 g/mol. The fraction of sp³-hybridized carbons (Fsp3) is 0.875. The van der Waals surface area contributed by atoms with Crippen molar-refractivity contribution in [3.8, 4) is 0 Å². The quantitative estimate of drug-likeness (QED) is 0.437. The van der Waals surface area contributed by atoms with Gasteiger partial charge in [0.2, 0.25) is 10.0 Å². The summed E-state index contributed by atoms with van der Waals surface area (Å²) in [7, 11) is -3.26. The Balaban J connectivity index is 2.40. The van der Waals surface area contributed by atoms with Crippen LogP contribution < -0.4 is 10.5 Å². The Kier molecular flexibility index (Phi) is 4.49. The van der Waals surface area contributed by atoms with Gasteiger partial charge in [-0.1, -0.05) is 0 Å². The summed E-state index contributed by atoms with van der Waals surface area (Å²) in [5, 5.41) is 6.61. The third-order valence-electron chi connectivity index (χ3n) is 2.30. The summed E-state index contributed by atoms with van der Waals surface area (Å²) in [5.74, 6) is -0.00956. The average Bonchev–Trinajstić information content (AvgIpc) is 2.18. The molecule has 1 fully saturated rings. The molecule has 0 aromatic carbocycles. The Morgan fingerprint density at radius 1 is 1.47 bits per heavy atom. The van der Waals surface area contributed by atoms with Gasteiger partial charge in [-0.2, -0.15) is 0 Å². The van der Waals surface area contributed by atoms with Gasteiger partial charge in [-0.05, 0) is 12.8 Å². The van der Waals surface area contributed by atoms with Crippen molar-refractivity contribution in [1.82, 2.24) is 4.72 Å². The lowest BCUT2D eigenvalue weighted by molar-refractivity contribution is 0.0981. The highest BCUT2D eigenvalue weighted by molar-refractivity contribution is 7.90. The number of amidine groups is 1. The highest BCUT2D eigenvalue weighted by Crippen LogP contribution is 2.14. The minimum Gasteiger partial charge on any atom is -0.388 e. The van der Waals surface area contributed by atoms with Crippen LogP contribution in [0.3, 0.4) is 0 Å². The van der Waals surface area contributed by atoms with Crippen molar-refractivity contribution < 1.29 is 13.2 Å². The summed E-state index contributed by atoms with van der Waals surface area (Å²) >= 11 is 0. The zero-order valence-corrected chi connectivity index (χ0v) is 9.35. The van der Waals surface area contributed by atoms with Gasteiger partial charge in [0.25, 0.3) is 0 Å². The molecular weight excluding hydrogens is 218 g/mol. The molecule has 15 heavy (non-hydrogen) atoms. The van der Waals surface area contributed by atoms with E-state index in [0.29, 0.717) is 26.1 Å². The van der Waals surface area contributed by atoms with Crippen LogP contribution in [0.25, 0.3) is 0 Å². The van der Waals surface area contributed by atoms with Crippen LogP contribution in [0.1, 0.15) is 19.3 Å². The van der Waals surface area contributed by atoms with E-state index >= 15 is 0 Å². The van der Waals surface area contributed by atoms with Gasteiger partial charge in [0.1, 0.15) is 0 Å². The molecule has 0 unspecified atom stereocenters. The zero-order valence-electron chi connectivity index (χ0n) is 8.53. The predicted molar refractivity (Wildman–Crippen MR) is 57.3 cm³/mol. The van der Waals surface area contributed by atoms with Crippen molar-refractivity contribution >= 4 is 15.9 Å². The molecule has 0 amide bonds. The second-order valence-electron chi connectivity index (χ2n) is 3.53. The maximum atomic E-state index is 11.7. The van der Waals surface area contributed by atoms with E-state index in [4.69, 9.17) is 15.9 Å². The van der Waals surface area contributed by atoms with E-state index in [0.717, 1.165) is 0 Å². The van der Waals surface area contributed by atoms with Crippen molar-refractivity contribution in [1.29, 1.82) is 5.41 Å². The average molecular weight is 235 g/mol. The van der Waals surface area contributed by atoms with Crippen LogP contribution in [-0.2, 0) is 14.8 Å². The van der Waals surface area contributed by atoms with Gasteiger partial charge in [-0.15, -0.1) is 0 Å². The summed E-state index contributed by atoms with van der Waals surface area (Å²) in [6.07, 6.45) is 1.33. The maximum absolute atomic E-state index is 11.7. The van der Waals surface area contributed by atoms with Crippen LogP contribution in [0.4, 0.5) is 0 Å². The van der Waals surface area contributed by atoms with Crippen molar-refractivity contribution in [2.24, 2.45) is 5.73 Å². The van der Waals surface area contributed by atoms with E-state index in [2.05, 4.69) is 4.72 Å². The first kappa shape index (κ1) is 12.4. The first-order valence-electron chi connectivity index (χ1n) is 4.91. The molecule has 1 saturated heterocycles. The first-order valence-corrected chi connectivity index (χ1v) is 6.46. The van der Waals surface area contributed by atoms with Crippen LogP contribution in [0.5, 0.6) is 0 Å². The lowest BCUT2D eigenvalue weighted by atomic mass is 10.2. The molecule has 0 bridgehead atoms. The predicted octanol–water partition coefficient (Wildman–Crippen LogP) is -0.589. The standard InChI is InChI=1S/C8H17N3O3S/c9-8(10)1-4-11-15(12,13)7-2-5-14-6-3-7/h7,11H,1-6H2,(H3,9,10). The number of hydrogen-bond donors (Lipinski definition) is 3. The summed E-state index contributed by atoms with van der Waals surface area (Å²) in [6, 6.07) is 0. The van der Waals surface area contributed by atoms with Crippen LogP contribution >= 0.6 is 0 Å². The number of sulfonamides is 1. The van der Waals surface area contributed by atoms with E-state index in [-0.39, 0.29) is 24.1 Å². The molecule has 0 aliphatic carbocycles. The number of nitrogens with two attached hydrogens (primary N) is 1. The minimum absolute atomic E-state index is 0.00956. The number of nitrogens with one attached hydrogen (secondary N) is 2. The van der Waals surface area contributed by atoms with Crippen LogP contribution in [0.15, 0.2) is 0 Å². The molecule has 88 valence electrons. The summed E-state index contributed by atoms with van der Waals surface area (Å²) in [6.45, 7) is 1.20. The minimum atomic E-state index is -3.26. The van der Waals surface area contributed by atoms with E-state index in [1.807, 2.05) is 0 Å². The molecule has 1 rings (SSSR count). The maximum Gasteiger partial charge on any atom is 0.214 e. The summed E-state index contributed by atoms with van der Waals surface area (Å²) < 4.78 is 30.9. The second kappa shape index (κ2) is 5.43. The van der Waals surface area contributed by atoms with E-state index in [1.54, 1.807) is 0 Å². The molecule has 1 heterocycles. The molecule has 1 aliphatic heterocycles. The van der Waals surface area contributed by atoms with Gasteiger partial charge in [0, 0.05) is 26.2 Å². The van der Waals surface area contributed by atoms with Gasteiger partial charge in [-0.25, -0.2) is 13.1 Å². The van der Waals surface area contributed by atoms with Gasteiger partial charge in [0.05, 0.1) is 11.1 Å². The van der Waals surface area contributed by atoms with Gasteiger partial charge in [0.15, 0.2) is 0 Å². The molecule has 0 radical (unpaired) electrons. The fourth-order valence-electron chi connectivity index (χ4n) is 1.43. The Bertz CT molecular complexity index is 309. The normalized spacial score (nSPS) is 18.9. The largest absolute Gasteiger partial charge is 0.388 e. The Labute approximate surface area is 89.7 Å². The molecule has 0 spiro atoms. The number of rotatable bonds is 5. The summed E-state index contributed by atoms with van der Waals surface area (Å²) in [5.41, 5.74) is 5.13. The Morgan fingerprint density at radius 3 is 2.60 bits per heavy atom. The fourth-order valence-corrected chi connectivity index (χ4v) is 2.87. The van der Waals surface area contributed by atoms with E-state index in [1.165, 1.54) is 0 Å². The van der Waals surface area contributed by atoms with E-state index < -0.39 is 10.0 Å². The van der Waals surface area contributed by atoms with Gasteiger partial charge < -0.3 is 10.5 Å². The molecule has 0 aromatic heterocycles. The SMILES string of the molecule is N=C(N)CCNS(=O)(=O)C1CCOCC1. The van der Waals surface area contributed by atoms with Crippen LogP contribution in [0.2, 0.25) is 0 Å². The molecular formula is C8H17N3O3S. The highest BCUT2D eigenvalue weighted by atomic mass is 32.2. The summed E-state index contributed by atoms with van der Waals surface area (Å²) in [4.78, 5) is 0. The van der Waals surface area contributed by atoms with Crippen molar-refractivity contribution in [2.45, 2.75) is 24.5 Å². The second-order valence-corrected chi connectivity index (χ2v) is 5.57. The van der Waals surface area contributed by atoms with Gasteiger partial charge in [-0.3, -0.25) is 5.41 Å². The number of hydrogen-bond acceptors (Lipinski definition) is 4. The number of ether oxygens (including phenoxy) is 1. The van der Waals surface area contributed by atoms with Crippen molar-refractivity contribution in [3.05, 3.63) is 0 Å². The molecule has 0 aromatic rings. The molecule has 4 N–H and O–H groups in total. The van der Waals surface area contributed by atoms with Crippen molar-refractivity contribution in [2.75, 3.05) is 19.8 Å².